The Morgan fingerprint density at radius 3 is 1.67 bits per heavy atom. The molecule has 10 heteroatoms. The second-order valence-corrected chi connectivity index (χ2v) is 8.74. The maximum Gasteiger partial charge on any atom is 0.343 e. The Morgan fingerprint density at radius 2 is 1.18 bits per heavy atom. The van der Waals surface area contributed by atoms with Gasteiger partial charge in [-0.3, -0.25) is 0 Å². The van der Waals surface area contributed by atoms with E-state index >= 15 is 0 Å². The zero-order valence-corrected chi connectivity index (χ0v) is 21.1. The van der Waals surface area contributed by atoms with Gasteiger partial charge in [0.1, 0.15) is 54.0 Å². The fourth-order valence-electron chi connectivity index (χ4n) is 3.44. The zero-order chi connectivity index (χ0) is 27.2. The molecule has 0 aliphatic carbocycles. The molecule has 0 aromatic heterocycles. The predicted molar refractivity (Wildman–Crippen MR) is 136 cm³/mol. The summed E-state index contributed by atoms with van der Waals surface area (Å²) >= 11 is 0. The third-order valence-corrected chi connectivity index (χ3v) is 5.72. The summed E-state index contributed by atoms with van der Waals surface area (Å²) in [6.45, 7) is 4.02. The summed E-state index contributed by atoms with van der Waals surface area (Å²) in [7, 11) is 0. The Morgan fingerprint density at radius 1 is 0.692 bits per heavy atom. The van der Waals surface area contributed by atoms with E-state index in [1.165, 1.54) is 18.2 Å². The van der Waals surface area contributed by atoms with Crippen molar-refractivity contribution in [2.24, 2.45) is 0 Å². The molecular weight excluding hydrogens is 508 g/mol. The van der Waals surface area contributed by atoms with Gasteiger partial charge in [0.05, 0.1) is 30.9 Å². The lowest BCUT2D eigenvalue weighted by Crippen LogP contribution is -2.14. The van der Waals surface area contributed by atoms with Gasteiger partial charge in [-0.2, -0.15) is 0 Å². The van der Waals surface area contributed by atoms with Crippen LogP contribution in [0, 0.1) is 0 Å². The Balaban J connectivity index is 1.24. The number of hydrogen-bond acceptors (Lipinski definition) is 10. The minimum atomic E-state index is -0.731. The lowest BCUT2D eigenvalue weighted by Gasteiger charge is -2.12. The van der Waals surface area contributed by atoms with Crippen LogP contribution < -0.4 is 18.9 Å². The maximum atomic E-state index is 12.8. The molecule has 2 fully saturated rings. The molecule has 2 aliphatic heterocycles. The molecule has 5 rings (SSSR count). The molecule has 2 unspecified atom stereocenters. The largest absolute Gasteiger partial charge is 0.491 e. The summed E-state index contributed by atoms with van der Waals surface area (Å²) in [6, 6.07) is 17.0. The zero-order valence-electron chi connectivity index (χ0n) is 21.1. The van der Waals surface area contributed by atoms with Crippen molar-refractivity contribution in [1.29, 1.82) is 0 Å². The molecule has 39 heavy (non-hydrogen) atoms. The van der Waals surface area contributed by atoms with Crippen molar-refractivity contribution in [3.8, 4) is 23.0 Å². The van der Waals surface area contributed by atoms with Crippen molar-refractivity contribution >= 4 is 17.9 Å². The van der Waals surface area contributed by atoms with Gasteiger partial charge in [0.15, 0.2) is 0 Å². The van der Waals surface area contributed by atoms with E-state index in [9.17, 15) is 14.4 Å². The first kappa shape index (κ1) is 26.2. The smallest absolute Gasteiger partial charge is 0.343 e. The molecule has 3 aromatic rings. The van der Waals surface area contributed by atoms with Crippen molar-refractivity contribution in [3.63, 3.8) is 0 Å². The Bertz CT molecular complexity index is 1330. The predicted octanol–water partition coefficient (Wildman–Crippen LogP) is 3.86. The van der Waals surface area contributed by atoms with Crippen LogP contribution in [0.15, 0.2) is 66.7 Å². The molecule has 0 saturated carbocycles. The fraction of sp³-hybridized carbons (Fsp3) is 0.276. The number of carbonyl (C=O) groups excluding carboxylic acids is 3. The fourth-order valence-corrected chi connectivity index (χ4v) is 3.44. The normalized spacial score (nSPS) is 17.1. The van der Waals surface area contributed by atoms with Crippen LogP contribution in [0.3, 0.4) is 0 Å². The molecule has 2 heterocycles. The molecule has 0 radical (unpaired) electrons. The van der Waals surface area contributed by atoms with Gasteiger partial charge in [-0.1, -0.05) is 0 Å². The minimum absolute atomic E-state index is 0.0365. The highest BCUT2D eigenvalue weighted by molar-refractivity contribution is 5.97. The Labute approximate surface area is 224 Å². The minimum Gasteiger partial charge on any atom is -0.491 e. The molecule has 2 aliphatic rings. The van der Waals surface area contributed by atoms with Gasteiger partial charge in [-0.15, -0.1) is 0 Å². The van der Waals surface area contributed by atoms with E-state index in [-0.39, 0.29) is 47.0 Å². The van der Waals surface area contributed by atoms with E-state index in [4.69, 9.17) is 33.2 Å². The van der Waals surface area contributed by atoms with Crippen LogP contribution in [0.25, 0.3) is 0 Å². The van der Waals surface area contributed by atoms with Gasteiger partial charge in [-0.25, -0.2) is 14.4 Å². The SMILES string of the molecule is CCOC(=O)c1cc(OC(=O)c2ccc(OCC3CO3)cc2)ccc1OC(=O)c1ccc(OCC2CO2)cc1. The molecule has 2 atom stereocenters. The highest BCUT2D eigenvalue weighted by Gasteiger charge is 2.24. The summed E-state index contributed by atoms with van der Waals surface area (Å²) in [6.07, 6.45) is 0.240. The quantitative estimate of drug-likeness (QED) is 0.192. The van der Waals surface area contributed by atoms with Crippen molar-refractivity contribution in [1.82, 2.24) is 0 Å². The number of benzene rings is 3. The summed E-state index contributed by atoms with van der Waals surface area (Å²) in [5, 5.41) is 0. The molecule has 0 spiro atoms. The number of rotatable bonds is 12. The van der Waals surface area contributed by atoms with Crippen LogP contribution >= 0.6 is 0 Å². The lowest BCUT2D eigenvalue weighted by atomic mass is 10.1. The van der Waals surface area contributed by atoms with E-state index in [2.05, 4.69) is 0 Å². The van der Waals surface area contributed by atoms with Crippen LogP contribution in [0.1, 0.15) is 38.0 Å². The highest BCUT2D eigenvalue weighted by atomic mass is 16.6. The van der Waals surface area contributed by atoms with Gasteiger partial charge in [-0.05, 0) is 73.7 Å². The number of ether oxygens (including phenoxy) is 7. The molecule has 2 saturated heterocycles. The van der Waals surface area contributed by atoms with Crippen molar-refractivity contribution < 1.29 is 47.5 Å². The lowest BCUT2D eigenvalue weighted by molar-refractivity contribution is 0.0518. The van der Waals surface area contributed by atoms with Gasteiger partial charge < -0.3 is 33.2 Å². The molecule has 3 aromatic carbocycles. The topological polar surface area (TPSA) is 122 Å². The van der Waals surface area contributed by atoms with Gasteiger partial charge in [0.2, 0.25) is 0 Å². The van der Waals surface area contributed by atoms with E-state index in [0.717, 1.165) is 0 Å². The van der Waals surface area contributed by atoms with Crippen LogP contribution in [0.4, 0.5) is 0 Å². The molecule has 0 amide bonds. The van der Waals surface area contributed by atoms with Crippen LogP contribution in [0.2, 0.25) is 0 Å². The molecule has 10 nitrogen and oxygen atoms in total. The van der Waals surface area contributed by atoms with Crippen LogP contribution in [-0.4, -0.2) is 63.2 Å². The first-order chi connectivity index (χ1) is 19.0. The van der Waals surface area contributed by atoms with E-state index < -0.39 is 17.9 Å². The Hall–Kier alpha value is -4.41. The second kappa shape index (κ2) is 12.0. The number of carbonyl (C=O) groups is 3. The van der Waals surface area contributed by atoms with Crippen molar-refractivity contribution in [2.75, 3.05) is 33.0 Å². The standard InChI is InChI=1S/C29H26O10/c1-2-33-29(32)25-13-22(38-27(30)18-3-7-20(8-4-18)34-14-23-16-36-23)11-12-26(25)39-28(31)19-5-9-21(10-6-19)35-15-24-17-37-24/h3-13,23-24H,2,14-17H2,1H3. The number of esters is 3. The summed E-state index contributed by atoms with van der Waals surface area (Å²) < 4.78 is 37.4. The van der Waals surface area contributed by atoms with Crippen molar-refractivity contribution in [2.45, 2.75) is 19.1 Å². The van der Waals surface area contributed by atoms with Gasteiger partial charge >= 0.3 is 17.9 Å². The monoisotopic (exact) mass is 534 g/mol. The maximum absolute atomic E-state index is 12.8. The molecule has 0 N–H and O–H groups in total. The summed E-state index contributed by atoms with van der Waals surface area (Å²) in [5.41, 5.74) is 0.480. The summed E-state index contributed by atoms with van der Waals surface area (Å²) in [5.74, 6) is -0.811. The second-order valence-electron chi connectivity index (χ2n) is 8.74. The third kappa shape index (κ3) is 7.34. The number of hydrogen-bond donors (Lipinski definition) is 0. The Kier molecular flexibility index (Phi) is 8.04. The van der Waals surface area contributed by atoms with Crippen LogP contribution in [0.5, 0.6) is 23.0 Å². The average molecular weight is 535 g/mol. The molecular formula is C29H26O10. The van der Waals surface area contributed by atoms with Crippen molar-refractivity contribution in [3.05, 3.63) is 83.4 Å². The average Bonchev–Trinajstić information content (AvgIpc) is 3.88. The van der Waals surface area contributed by atoms with Gasteiger partial charge in [0.25, 0.3) is 0 Å². The van der Waals surface area contributed by atoms with E-state index in [0.29, 0.717) is 37.9 Å². The molecule has 0 bridgehead atoms. The van der Waals surface area contributed by atoms with Crippen LogP contribution in [-0.2, 0) is 14.2 Å². The van der Waals surface area contributed by atoms with E-state index in [1.54, 1.807) is 55.5 Å². The van der Waals surface area contributed by atoms with E-state index in [1.807, 2.05) is 0 Å². The molecule has 202 valence electrons. The first-order valence-electron chi connectivity index (χ1n) is 12.4. The third-order valence-electron chi connectivity index (χ3n) is 5.72. The highest BCUT2D eigenvalue weighted by Crippen LogP contribution is 2.27. The number of epoxide rings is 2. The van der Waals surface area contributed by atoms with Gasteiger partial charge in [0, 0.05) is 0 Å². The summed E-state index contributed by atoms with van der Waals surface area (Å²) in [4.78, 5) is 38.0. The first-order valence-corrected chi connectivity index (χ1v) is 12.4.